The highest BCUT2D eigenvalue weighted by Gasteiger charge is 2.14. The SMILES string of the molecule is Cc1cc(-n2cc(C#N)c(=O)[nH]c2=O)cc(C)c1Oc1n[nH]c(=O)c2ccccc12. The summed E-state index contributed by atoms with van der Waals surface area (Å²) in [6, 6.07) is 12.1. The molecular weight excluding hydrogens is 386 g/mol. The smallest absolute Gasteiger partial charge is 0.332 e. The van der Waals surface area contributed by atoms with Crippen molar-refractivity contribution in [2.24, 2.45) is 0 Å². The molecule has 0 saturated heterocycles. The number of nitrogens with zero attached hydrogens (tertiary/aromatic N) is 3. The van der Waals surface area contributed by atoms with Gasteiger partial charge in [0.2, 0.25) is 5.88 Å². The second-order valence-electron chi connectivity index (χ2n) is 6.70. The zero-order valence-electron chi connectivity index (χ0n) is 16.0. The number of fused-ring (bicyclic) bond motifs is 1. The van der Waals surface area contributed by atoms with E-state index in [0.29, 0.717) is 33.3 Å². The summed E-state index contributed by atoms with van der Waals surface area (Å²) in [5.41, 5.74) is -0.0173. The molecule has 0 bridgehead atoms. The van der Waals surface area contributed by atoms with Gasteiger partial charge in [0.15, 0.2) is 0 Å². The van der Waals surface area contributed by atoms with Crippen LogP contribution in [0, 0.1) is 25.2 Å². The number of benzene rings is 2. The van der Waals surface area contributed by atoms with Crippen LogP contribution in [0.15, 0.2) is 57.0 Å². The van der Waals surface area contributed by atoms with Crippen LogP contribution in [-0.2, 0) is 0 Å². The number of aromatic amines is 2. The summed E-state index contributed by atoms with van der Waals surface area (Å²) in [6.45, 7) is 3.59. The van der Waals surface area contributed by atoms with Crippen LogP contribution in [0.1, 0.15) is 16.7 Å². The summed E-state index contributed by atoms with van der Waals surface area (Å²) in [4.78, 5) is 37.9. The Bertz CT molecular complexity index is 1500. The molecule has 148 valence electrons. The minimum absolute atomic E-state index is 0.172. The number of nitrogens with one attached hydrogen (secondary N) is 2. The Labute approximate surface area is 168 Å². The molecule has 0 aliphatic rings. The summed E-state index contributed by atoms with van der Waals surface area (Å²) in [7, 11) is 0. The zero-order valence-corrected chi connectivity index (χ0v) is 16.0. The van der Waals surface area contributed by atoms with Gasteiger partial charge in [0.1, 0.15) is 17.4 Å². The maximum atomic E-state index is 12.2. The van der Waals surface area contributed by atoms with E-state index in [4.69, 9.17) is 10.00 Å². The molecule has 4 rings (SSSR count). The predicted molar refractivity (Wildman–Crippen MR) is 109 cm³/mol. The first-order valence-corrected chi connectivity index (χ1v) is 8.92. The summed E-state index contributed by atoms with van der Waals surface area (Å²) in [5, 5.41) is 16.5. The van der Waals surface area contributed by atoms with Crippen molar-refractivity contribution in [3.05, 3.63) is 90.5 Å². The second kappa shape index (κ2) is 7.18. The van der Waals surface area contributed by atoms with Crippen molar-refractivity contribution in [3.8, 4) is 23.4 Å². The molecule has 9 nitrogen and oxygen atoms in total. The van der Waals surface area contributed by atoms with Gasteiger partial charge in [-0.15, -0.1) is 5.10 Å². The van der Waals surface area contributed by atoms with Crippen molar-refractivity contribution in [1.29, 1.82) is 5.26 Å². The van der Waals surface area contributed by atoms with Crippen molar-refractivity contribution in [1.82, 2.24) is 19.7 Å². The number of hydrogen-bond donors (Lipinski definition) is 2. The highest BCUT2D eigenvalue weighted by atomic mass is 16.5. The lowest BCUT2D eigenvalue weighted by Crippen LogP contribution is -2.30. The van der Waals surface area contributed by atoms with E-state index >= 15 is 0 Å². The van der Waals surface area contributed by atoms with E-state index in [2.05, 4.69) is 15.2 Å². The number of rotatable bonds is 3. The third-order valence-electron chi connectivity index (χ3n) is 4.65. The summed E-state index contributed by atoms with van der Waals surface area (Å²) < 4.78 is 7.21. The molecule has 0 aliphatic carbocycles. The molecule has 0 aliphatic heterocycles. The average molecular weight is 401 g/mol. The van der Waals surface area contributed by atoms with Crippen LogP contribution in [0.5, 0.6) is 11.6 Å². The standard InChI is InChI=1S/C21H15N5O4/c1-11-7-14(26-10-13(9-22)18(27)23-21(26)29)8-12(2)17(11)30-20-16-6-4-3-5-15(16)19(28)24-25-20/h3-8,10H,1-2H3,(H,24,28)(H,23,27,29). The Morgan fingerprint density at radius 1 is 1.03 bits per heavy atom. The van der Waals surface area contributed by atoms with Crippen molar-refractivity contribution >= 4 is 10.8 Å². The molecule has 0 saturated carbocycles. The van der Waals surface area contributed by atoms with Crippen LogP contribution in [0.2, 0.25) is 0 Å². The number of hydrogen-bond acceptors (Lipinski definition) is 6. The van der Waals surface area contributed by atoms with Crippen LogP contribution in [-0.4, -0.2) is 19.7 Å². The number of H-pyrrole nitrogens is 2. The third-order valence-corrected chi connectivity index (χ3v) is 4.65. The monoisotopic (exact) mass is 401 g/mol. The molecule has 0 radical (unpaired) electrons. The maximum absolute atomic E-state index is 12.2. The lowest BCUT2D eigenvalue weighted by atomic mass is 10.1. The molecule has 4 aromatic rings. The summed E-state index contributed by atoms with van der Waals surface area (Å²) in [5.74, 6) is 0.763. The third kappa shape index (κ3) is 3.16. The van der Waals surface area contributed by atoms with E-state index in [1.54, 1.807) is 56.3 Å². The molecule has 0 atom stereocenters. The van der Waals surface area contributed by atoms with Gasteiger partial charge >= 0.3 is 5.69 Å². The lowest BCUT2D eigenvalue weighted by molar-refractivity contribution is 0.454. The number of aryl methyl sites for hydroxylation is 2. The van der Waals surface area contributed by atoms with Gasteiger partial charge < -0.3 is 4.74 Å². The molecule has 30 heavy (non-hydrogen) atoms. The molecule has 0 fully saturated rings. The molecule has 0 unspecified atom stereocenters. The van der Waals surface area contributed by atoms with Crippen LogP contribution in [0.4, 0.5) is 0 Å². The molecule has 9 heteroatoms. The van der Waals surface area contributed by atoms with E-state index in [1.165, 1.54) is 10.8 Å². The van der Waals surface area contributed by atoms with E-state index in [9.17, 15) is 14.4 Å². The van der Waals surface area contributed by atoms with Gasteiger partial charge in [-0.05, 0) is 49.2 Å². The Morgan fingerprint density at radius 2 is 1.70 bits per heavy atom. The van der Waals surface area contributed by atoms with Crippen molar-refractivity contribution < 1.29 is 4.74 Å². The average Bonchev–Trinajstić information content (AvgIpc) is 2.72. The van der Waals surface area contributed by atoms with Gasteiger partial charge in [-0.3, -0.25) is 19.1 Å². The largest absolute Gasteiger partial charge is 0.437 e. The molecular formula is C21H15N5O4. The highest BCUT2D eigenvalue weighted by Crippen LogP contribution is 2.32. The summed E-state index contributed by atoms with van der Waals surface area (Å²) in [6.07, 6.45) is 1.20. The van der Waals surface area contributed by atoms with Crippen LogP contribution >= 0.6 is 0 Å². The van der Waals surface area contributed by atoms with Gasteiger partial charge in [-0.1, -0.05) is 12.1 Å². The Kier molecular flexibility index (Phi) is 4.52. The predicted octanol–water partition coefficient (Wildman–Crippen LogP) is 2.04. The van der Waals surface area contributed by atoms with Gasteiger partial charge in [-0.2, -0.15) is 5.26 Å². The first-order chi connectivity index (χ1) is 14.4. The second-order valence-corrected chi connectivity index (χ2v) is 6.70. The maximum Gasteiger partial charge on any atom is 0.332 e. The molecule has 0 spiro atoms. The first-order valence-electron chi connectivity index (χ1n) is 8.92. The number of nitriles is 1. The normalized spacial score (nSPS) is 10.7. The van der Waals surface area contributed by atoms with E-state index in [-0.39, 0.29) is 17.0 Å². The fraction of sp³-hybridized carbons (Fsp3) is 0.0952. The van der Waals surface area contributed by atoms with Gasteiger partial charge in [-0.25, -0.2) is 9.89 Å². The minimum atomic E-state index is -0.733. The minimum Gasteiger partial charge on any atom is -0.437 e. The van der Waals surface area contributed by atoms with Gasteiger partial charge in [0, 0.05) is 6.20 Å². The van der Waals surface area contributed by atoms with Crippen molar-refractivity contribution in [3.63, 3.8) is 0 Å². The van der Waals surface area contributed by atoms with Gasteiger partial charge in [0.25, 0.3) is 11.1 Å². The fourth-order valence-electron chi connectivity index (χ4n) is 3.23. The Morgan fingerprint density at radius 3 is 2.37 bits per heavy atom. The van der Waals surface area contributed by atoms with Crippen LogP contribution in [0.25, 0.3) is 16.5 Å². The van der Waals surface area contributed by atoms with Crippen LogP contribution < -0.4 is 21.5 Å². The Balaban J connectivity index is 1.82. The van der Waals surface area contributed by atoms with Gasteiger partial charge in [0.05, 0.1) is 16.5 Å². The molecule has 2 N–H and O–H groups in total. The Hall–Kier alpha value is -4.45. The quantitative estimate of drug-likeness (QED) is 0.540. The fourth-order valence-corrected chi connectivity index (χ4v) is 3.23. The molecule has 2 aromatic heterocycles. The number of ether oxygens (including phenoxy) is 1. The molecule has 2 heterocycles. The molecule has 2 aromatic carbocycles. The van der Waals surface area contributed by atoms with Crippen molar-refractivity contribution in [2.75, 3.05) is 0 Å². The topological polar surface area (TPSA) is 134 Å². The van der Waals surface area contributed by atoms with E-state index in [0.717, 1.165) is 0 Å². The summed E-state index contributed by atoms with van der Waals surface area (Å²) >= 11 is 0. The first kappa shape index (κ1) is 18.9. The van der Waals surface area contributed by atoms with Crippen molar-refractivity contribution in [2.45, 2.75) is 13.8 Å². The number of aromatic nitrogens is 4. The molecule has 0 amide bonds. The lowest BCUT2D eigenvalue weighted by Gasteiger charge is -2.15. The van der Waals surface area contributed by atoms with Crippen LogP contribution in [0.3, 0.4) is 0 Å². The zero-order chi connectivity index (χ0) is 21.4. The van der Waals surface area contributed by atoms with E-state index < -0.39 is 11.2 Å². The highest BCUT2D eigenvalue weighted by molar-refractivity contribution is 5.86. The van der Waals surface area contributed by atoms with E-state index in [1.807, 2.05) is 0 Å².